The third-order valence-corrected chi connectivity index (χ3v) is 26.9. The van der Waals surface area contributed by atoms with Crippen molar-refractivity contribution in [1.82, 2.24) is 135 Å². The van der Waals surface area contributed by atoms with Crippen LogP contribution in [0.5, 0.6) is 0 Å². The van der Waals surface area contributed by atoms with Gasteiger partial charge in [0.05, 0.1) is 76.0 Å². The van der Waals surface area contributed by atoms with Crippen molar-refractivity contribution in [3.8, 4) is 0 Å². The summed E-state index contributed by atoms with van der Waals surface area (Å²) in [5.74, 6) is -24.1. The number of aliphatic hydroxyl groups is 4. The number of hydrazine groups is 1. The minimum Gasteiger partial charge on any atom is -0.394 e. The lowest BCUT2D eigenvalue weighted by Crippen LogP contribution is -2.63. The number of carbonyl (C=O) groups is 20. The lowest BCUT2D eigenvalue weighted by molar-refractivity contribution is -0.158. The number of aromatic amines is 2. The van der Waals surface area contributed by atoms with E-state index in [1.807, 2.05) is 0 Å². The molecular weight excluding hydrogens is 1970 g/mol. The van der Waals surface area contributed by atoms with Gasteiger partial charge in [-0.25, -0.2) is 15.4 Å². The van der Waals surface area contributed by atoms with Crippen LogP contribution in [0.15, 0.2) is 25.0 Å². The molecule has 0 aromatic carbocycles. The summed E-state index contributed by atoms with van der Waals surface area (Å²) in [5, 5.41) is 99.5. The van der Waals surface area contributed by atoms with Gasteiger partial charge < -0.3 is 158 Å². The zero-order valence-electron chi connectivity index (χ0n) is 83.1. The summed E-state index contributed by atoms with van der Waals surface area (Å²) in [5.41, 5.74) is 27.5. The normalized spacial score (nSPS) is 26.0. The van der Waals surface area contributed by atoms with Gasteiger partial charge in [-0.05, 0) is 89.9 Å². The van der Waals surface area contributed by atoms with Crippen molar-refractivity contribution >= 4 is 165 Å². The highest BCUT2D eigenvalue weighted by atomic mass is 32.2. The fourth-order valence-electron chi connectivity index (χ4n) is 15.3. The van der Waals surface area contributed by atoms with Crippen LogP contribution in [0.25, 0.3) is 0 Å². The molecule has 56 nitrogen and oxygen atoms in total. The van der Waals surface area contributed by atoms with Crippen molar-refractivity contribution in [3.63, 3.8) is 0 Å². The molecule has 0 radical (unpaired) electrons. The van der Waals surface area contributed by atoms with Gasteiger partial charge in [0, 0.05) is 98.6 Å². The molecular formula is C87H144N32O24S3. The second kappa shape index (κ2) is 61.6. The number of guanidine groups is 2. The number of rotatable bonds is 27. The van der Waals surface area contributed by atoms with Crippen molar-refractivity contribution in [2.24, 2.45) is 40.7 Å². The summed E-state index contributed by atoms with van der Waals surface area (Å²) in [6, 6.07) is -27.7. The van der Waals surface area contributed by atoms with E-state index in [-0.39, 0.29) is 136 Å². The Bertz CT molecular complexity index is 4800. The van der Waals surface area contributed by atoms with E-state index >= 15 is 19.2 Å². The molecule has 2 aromatic heterocycles. The SMILES string of the molecule is CC[C@H](C)[C@@H]1NC(=O)[C@H](CCCNC(=N)N)NC(=O)[C@@H]2CCCN2C(=O)[C@H](CC(C)C)NC(=O)[C@H](CC(C)C)NC(=O)[C@H](CO)NC(=O)[C@H](CO)NNC(=O)[C@@H]2CSCCC(=O)N3CN(CN(C3)C(=O)CCSC[C@@H](C(=O)N[C@@H](C)C(N)=O)NC(=O)[C@H](Cc3c[nH]cn3)NC1=O)C(=O)CCSC[C@H](NC(=O)[C@H](C)N)C(=O)N[C@@H]([C@@H](C)O)C(=O)N[C@@H](CCCNC(=N)N)C(=O)N[C@@H](CO)C(=O)N[C@@H](Cc1c[nH]cn1)C(=O)N2. The number of fused-ring (bicyclic) bond motifs is 8. The van der Waals surface area contributed by atoms with Gasteiger partial charge in [-0.1, -0.05) is 48.0 Å². The maximum absolute atomic E-state index is 15.1. The van der Waals surface area contributed by atoms with Gasteiger partial charge in [0.25, 0.3) is 5.91 Å². The molecule has 34 N–H and O–H groups in total. The monoisotopic (exact) mass is 2120 g/mol. The minimum absolute atomic E-state index is 0.00976. The van der Waals surface area contributed by atoms with Gasteiger partial charge in [0.2, 0.25) is 112 Å². The molecule has 4 aliphatic heterocycles. The number of H-pyrrole nitrogens is 2. The first-order valence-corrected chi connectivity index (χ1v) is 51.5. The molecule has 59 heteroatoms. The zero-order chi connectivity index (χ0) is 108. The van der Waals surface area contributed by atoms with Gasteiger partial charge >= 0.3 is 0 Å². The van der Waals surface area contributed by atoms with E-state index in [1.165, 1.54) is 43.8 Å². The van der Waals surface area contributed by atoms with Crippen molar-refractivity contribution in [2.75, 3.05) is 94.0 Å². The number of hydrogen-bond acceptors (Lipinski definition) is 33. The van der Waals surface area contributed by atoms with Gasteiger partial charge in [0.1, 0.15) is 96.7 Å². The Kier molecular flexibility index (Phi) is 51.4. The highest BCUT2D eigenvalue weighted by Crippen LogP contribution is 2.25. The summed E-state index contributed by atoms with van der Waals surface area (Å²) in [6.45, 7) is 8.78. The number of nitrogens with zero attached hydrogens (tertiary/aromatic N) is 6. The number of aliphatic hydroxyl groups excluding tert-OH is 4. The molecule has 4 saturated heterocycles. The topological polar surface area (TPSA) is 861 Å². The molecule has 2 aromatic rings. The predicted octanol–water partition coefficient (Wildman–Crippen LogP) is -11.7. The molecule has 6 heterocycles. The van der Waals surface area contributed by atoms with Crippen LogP contribution in [0.2, 0.25) is 0 Å². The molecule has 4 fully saturated rings. The lowest BCUT2D eigenvalue weighted by Gasteiger charge is -2.42. The molecule has 0 aliphatic carbocycles. The van der Waals surface area contributed by atoms with Crippen LogP contribution >= 0.6 is 35.3 Å². The van der Waals surface area contributed by atoms with Crippen LogP contribution in [-0.4, -0.2) is 393 Å². The predicted molar refractivity (Wildman–Crippen MR) is 531 cm³/mol. The van der Waals surface area contributed by atoms with Crippen LogP contribution < -0.4 is 119 Å². The van der Waals surface area contributed by atoms with Crippen molar-refractivity contribution in [1.29, 1.82) is 10.8 Å². The van der Waals surface area contributed by atoms with E-state index in [9.17, 15) is 97.1 Å². The van der Waals surface area contributed by atoms with Crippen molar-refractivity contribution in [2.45, 2.75) is 261 Å². The van der Waals surface area contributed by atoms with Crippen molar-refractivity contribution in [3.05, 3.63) is 36.4 Å². The Morgan fingerprint density at radius 3 is 1.38 bits per heavy atom. The first-order valence-electron chi connectivity index (χ1n) is 48.0. The standard InChI is InChI=1S/C87H144N32O24S3/c1-10-45(6)67-83(141)105-55(29-50-31-95-39-99-50)75(133)110-60(79(137)100-47(8)69(89)127)35-144-23-17-64(124)116-40-117-42-118(41-116)66(126)19-25-146-37-62(81(139)115-114-59(34-122)78(136)108-58(33-121)76(134)103-53(26-43(2)3)73(131)106-56(27-44(4)5)85(143)119-22-13-16-63(119)82(140)101-52(72(130)112-67)15-12-21-97-87(92)93)111-74(132)54(28-49-30-94-38-98-49)104-77(135)57(32-120)107-71(129)51(14-11-20-96-86(90)91)102-84(142)68(48(9)123)113-80(138)61(109-70(128)46(7)88)36-145-24-18-65(117)125/h30-31,38-39,43-48,51-63,67-68,114,120-123H,10-29,32-37,40-42,88H2,1-9H3,(H2,89,127)(H,94,98)(H,95,99)(H,100,137)(H,101,140)(H,102,142)(H,103,134)(H,104,135)(H,105,141)(H,106,131)(H,107,129)(H,108,136)(H,109,128)(H,110,133)(H,111,132)(H,112,130)(H,113,138)(H,115,139)(H4,90,91,96)(H4,92,93,97)/t45-,46-,47-,48+,51-,52-,53-,54-,55-,56-,57-,58-,59-,60-,61-,62-,63-,67-,68-/m0/s1. The van der Waals surface area contributed by atoms with E-state index in [1.54, 1.807) is 41.5 Å². The van der Waals surface area contributed by atoms with E-state index in [2.05, 4.69) is 116 Å². The molecule has 4 aliphatic rings. The summed E-state index contributed by atoms with van der Waals surface area (Å²) in [4.78, 5) is 309. The number of thioether (sulfide) groups is 3. The number of aromatic nitrogens is 4. The van der Waals surface area contributed by atoms with E-state index in [0.29, 0.717) is 0 Å². The van der Waals surface area contributed by atoms with Gasteiger partial charge in [-0.2, -0.15) is 35.3 Å². The lowest BCUT2D eigenvalue weighted by atomic mass is 9.96. The Labute approximate surface area is 855 Å². The van der Waals surface area contributed by atoms with E-state index < -0.39 is 316 Å². The Morgan fingerprint density at radius 1 is 0.493 bits per heavy atom. The molecule has 0 spiro atoms. The molecule has 0 saturated carbocycles. The highest BCUT2D eigenvalue weighted by Gasteiger charge is 2.44. The molecule has 0 unspecified atom stereocenters. The smallest absolute Gasteiger partial charge is 0.257 e. The van der Waals surface area contributed by atoms with Crippen LogP contribution in [0, 0.1) is 28.6 Å². The Hall–Kier alpha value is -12.8. The van der Waals surface area contributed by atoms with Crippen molar-refractivity contribution < 1.29 is 116 Å². The molecule has 814 valence electrons. The number of primary amides is 1. The average Bonchev–Trinajstić information content (AvgIpc) is 1.72. The molecule has 4 bridgehead atoms. The molecule has 19 atom stereocenters. The Balaban J connectivity index is 1.49. The van der Waals surface area contributed by atoms with E-state index in [4.69, 9.17) is 33.8 Å². The first-order chi connectivity index (χ1) is 69.2. The summed E-state index contributed by atoms with van der Waals surface area (Å²) in [6.07, 6.45) is 1.15. The second-order valence-corrected chi connectivity index (χ2v) is 40.0. The molecule has 6 rings (SSSR count). The fourth-order valence-corrected chi connectivity index (χ4v) is 18.2. The molecule has 20 amide bonds. The second-order valence-electron chi connectivity index (χ2n) is 36.6. The number of nitrogens with one attached hydrogen (secondary N) is 22. The molecule has 146 heavy (non-hydrogen) atoms. The van der Waals surface area contributed by atoms with Gasteiger partial charge in [-0.15, -0.1) is 0 Å². The van der Waals surface area contributed by atoms with Gasteiger partial charge in [-0.3, -0.25) is 112 Å². The summed E-state index contributed by atoms with van der Waals surface area (Å²) >= 11 is 2.69. The Morgan fingerprint density at radius 2 is 0.911 bits per heavy atom. The zero-order valence-corrected chi connectivity index (χ0v) is 85.6. The number of amides is 20. The van der Waals surface area contributed by atoms with Crippen LogP contribution in [0.1, 0.15) is 151 Å². The third kappa shape index (κ3) is 40.2. The largest absolute Gasteiger partial charge is 0.394 e. The third-order valence-electron chi connectivity index (χ3n) is 23.7. The average molecular weight is 2120 g/mol. The highest BCUT2D eigenvalue weighted by molar-refractivity contribution is 7.99. The quantitative estimate of drug-likeness (QED) is 0.0224. The van der Waals surface area contributed by atoms with Crippen LogP contribution in [-0.2, 0) is 109 Å². The number of imidazole rings is 2. The number of hydrogen-bond donors (Lipinski definition) is 30. The maximum atomic E-state index is 15.1. The van der Waals surface area contributed by atoms with Crippen LogP contribution in [0.3, 0.4) is 0 Å². The maximum Gasteiger partial charge on any atom is 0.257 e. The minimum atomic E-state index is -1.99. The van der Waals surface area contributed by atoms with E-state index in [0.717, 1.165) is 56.9 Å². The number of nitrogens with two attached hydrogens (primary N) is 4. The summed E-state index contributed by atoms with van der Waals surface area (Å²) in [7, 11) is 0. The van der Waals surface area contributed by atoms with Crippen LogP contribution in [0.4, 0.5) is 0 Å². The fraction of sp³-hybridized carbons (Fsp3) is 0.678. The van der Waals surface area contributed by atoms with Gasteiger partial charge in [0.15, 0.2) is 11.9 Å². The summed E-state index contributed by atoms with van der Waals surface area (Å²) < 4.78 is 0. The number of carbonyl (C=O) groups excluding carboxylic acids is 20. The first kappa shape index (κ1) is 122.